The summed E-state index contributed by atoms with van der Waals surface area (Å²) in [5, 5.41) is 9.47. The Morgan fingerprint density at radius 3 is 2.75 bits per heavy atom. The van der Waals surface area contributed by atoms with E-state index in [9.17, 15) is 5.11 Å². The van der Waals surface area contributed by atoms with Gasteiger partial charge in [-0.1, -0.05) is 32.1 Å². The van der Waals surface area contributed by atoms with Crippen LogP contribution in [0.2, 0.25) is 0 Å². The predicted molar refractivity (Wildman–Crippen MR) is 52.0 cm³/mol. The van der Waals surface area contributed by atoms with Gasteiger partial charge in [-0.3, -0.25) is 0 Å². The van der Waals surface area contributed by atoms with E-state index in [1.165, 1.54) is 0 Å². The second-order valence-electron chi connectivity index (χ2n) is 3.89. The third-order valence-electron chi connectivity index (χ3n) is 2.09. The molecule has 0 aromatic rings. The first-order chi connectivity index (χ1) is 5.55. The van der Waals surface area contributed by atoms with E-state index in [2.05, 4.69) is 19.9 Å². The summed E-state index contributed by atoms with van der Waals surface area (Å²) in [5.41, 5.74) is 1.21. The molecular weight excluding hydrogens is 148 g/mol. The summed E-state index contributed by atoms with van der Waals surface area (Å²) in [5.74, 6) is 0.410. The quantitative estimate of drug-likeness (QED) is 0.589. The second-order valence-corrected chi connectivity index (χ2v) is 3.89. The van der Waals surface area contributed by atoms with Crippen LogP contribution >= 0.6 is 0 Å². The highest BCUT2D eigenvalue weighted by molar-refractivity contribution is 5.33. The predicted octanol–water partition coefficient (Wildman–Crippen LogP) is 3.36. The molecule has 0 unspecified atom stereocenters. The van der Waals surface area contributed by atoms with Gasteiger partial charge in [-0.2, -0.15) is 0 Å². The summed E-state index contributed by atoms with van der Waals surface area (Å²) in [6.07, 6.45) is 8.80. The molecule has 0 aromatic carbocycles. The van der Waals surface area contributed by atoms with Crippen LogP contribution in [0.1, 0.15) is 27.2 Å². The third kappa shape index (κ3) is 2.00. The molecule has 0 amide bonds. The van der Waals surface area contributed by atoms with Gasteiger partial charge in [0.15, 0.2) is 0 Å². The third-order valence-corrected chi connectivity index (χ3v) is 2.09. The summed E-state index contributed by atoms with van der Waals surface area (Å²) in [6, 6.07) is 0. The average molecular weight is 164 g/mol. The van der Waals surface area contributed by atoms with E-state index in [0.717, 1.165) is 12.0 Å². The summed E-state index contributed by atoms with van der Waals surface area (Å²) < 4.78 is 0. The van der Waals surface area contributed by atoms with Crippen molar-refractivity contribution < 1.29 is 5.11 Å². The second kappa shape index (κ2) is 3.18. The van der Waals surface area contributed by atoms with Crippen molar-refractivity contribution in [1.82, 2.24) is 0 Å². The maximum atomic E-state index is 9.47. The maximum absolute atomic E-state index is 9.47. The zero-order valence-electron chi connectivity index (χ0n) is 7.96. The highest BCUT2D eigenvalue weighted by atomic mass is 16.3. The van der Waals surface area contributed by atoms with Gasteiger partial charge >= 0.3 is 0 Å². The van der Waals surface area contributed by atoms with Gasteiger partial charge < -0.3 is 5.11 Å². The molecule has 0 aromatic heterocycles. The van der Waals surface area contributed by atoms with Gasteiger partial charge in [0, 0.05) is 0 Å². The van der Waals surface area contributed by atoms with Crippen LogP contribution in [0.4, 0.5) is 0 Å². The van der Waals surface area contributed by atoms with Crippen molar-refractivity contribution in [2.75, 3.05) is 0 Å². The van der Waals surface area contributed by atoms with Gasteiger partial charge in [-0.25, -0.2) is 0 Å². The Morgan fingerprint density at radius 1 is 1.58 bits per heavy atom. The zero-order valence-corrected chi connectivity index (χ0v) is 7.96. The van der Waals surface area contributed by atoms with Crippen LogP contribution < -0.4 is 0 Å². The van der Waals surface area contributed by atoms with Crippen molar-refractivity contribution in [1.29, 1.82) is 0 Å². The van der Waals surface area contributed by atoms with E-state index in [0.29, 0.717) is 5.76 Å². The van der Waals surface area contributed by atoms with E-state index in [4.69, 9.17) is 0 Å². The number of rotatable bonds is 1. The van der Waals surface area contributed by atoms with E-state index < -0.39 is 0 Å². The fourth-order valence-corrected chi connectivity index (χ4v) is 1.39. The lowest BCUT2D eigenvalue weighted by molar-refractivity contribution is 0.391. The van der Waals surface area contributed by atoms with Gasteiger partial charge in [0.05, 0.1) is 0 Å². The van der Waals surface area contributed by atoms with Gasteiger partial charge in [0.25, 0.3) is 0 Å². The molecule has 1 rings (SSSR count). The molecule has 0 bridgehead atoms. The Kier molecular flexibility index (Phi) is 2.41. The SMILES string of the molecule is CC=C(O)C1=CC=CC(C)(C)C1. The molecule has 12 heavy (non-hydrogen) atoms. The Morgan fingerprint density at radius 2 is 2.25 bits per heavy atom. The molecule has 0 saturated carbocycles. The fraction of sp³-hybridized carbons (Fsp3) is 0.455. The Bertz CT molecular complexity index is 254. The first-order valence-corrected chi connectivity index (χ1v) is 4.29. The Balaban J connectivity index is 2.84. The lowest BCUT2D eigenvalue weighted by Crippen LogP contribution is -2.12. The van der Waals surface area contributed by atoms with E-state index in [1.54, 1.807) is 6.08 Å². The van der Waals surface area contributed by atoms with Crippen LogP contribution in [-0.2, 0) is 0 Å². The van der Waals surface area contributed by atoms with Crippen LogP contribution in [0.3, 0.4) is 0 Å². The molecule has 1 aliphatic carbocycles. The maximum Gasteiger partial charge on any atom is 0.114 e. The number of hydrogen-bond acceptors (Lipinski definition) is 1. The number of aliphatic hydroxyl groups is 1. The molecule has 0 saturated heterocycles. The molecule has 66 valence electrons. The van der Waals surface area contributed by atoms with E-state index >= 15 is 0 Å². The van der Waals surface area contributed by atoms with Crippen LogP contribution in [0, 0.1) is 5.41 Å². The van der Waals surface area contributed by atoms with Crippen LogP contribution in [0.25, 0.3) is 0 Å². The minimum atomic E-state index is 0.182. The molecule has 1 heteroatoms. The standard InChI is InChI=1S/C11H16O/c1-4-10(12)9-6-5-7-11(2,3)8-9/h4-7,12H,8H2,1-3H3. The monoisotopic (exact) mass is 164 g/mol. The van der Waals surface area contributed by atoms with Crippen LogP contribution in [-0.4, -0.2) is 5.11 Å². The van der Waals surface area contributed by atoms with Crippen LogP contribution in [0.5, 0.6) is 0 Å². The van der Waals surface area contributed by atoms with Crippen molar-refractivity contribution >= 4 is 0 Å². The largest absolute Gasteiger partial charge is 0.508 e. The van der Waals surface area contributed by atoms with Gasteiger partial charge in [0.2, 0.25) is 0 Å². The highest BCUT2D eigenvalue weighted by Gasteiger charge is 2.19. The van der Waals surface area contributed by atoms with Crippen molar-refractivity contribution in [2.24, 2.45) is 5.41 Å². The molecule has 0 fully saturated rings. The first-order valence-electron chi connectivity index (χ1n) is 4.29. The molecule has 0 spiro atoms. The first kappa shape index (κ1) is 9.11. The lowest BCUT2D eigenvalue weighted by Gasteiger charge is -2.24. The number of allylic oxidation sites excluding steroid dienone is 5. The Hall–Kier alpha value is -0.980. The molecular formula is C11H16O. The smallest absolute Gasteiger partial charge is 0.114 e. The number of aliphatic hydroxyl groups excluding tert-OH is 1. The number of hydrogen-bond donors (Lipinski definition) is 1. The van der Waals surface area contributed by atoms with E-state index in [-0.39, 0.29) is 5.41 Å². The van der Waals surface area contributed by atoms with Gasteiger partial charge in [-0.15, -0.1) is 0 Å². The van der Waals surface area contributed by atoms with Crippen molar-refractivity contribution in [3.05, 3.63) is 35.6 Å². The van der Waals surface area contributed by atoms with Crippen molar-refractivity contribution in [3.8, 4) is 0 Å². The molecule has 1 N–H and O–H groups in total. The molecule has 1 aliphatic rings. The van der Waals surface area contributed by atoms with Crippen molar-refractivity contribution in [2.45, 2.75) is 27.2 Å². The lowest BCUT2D eigenvalue weighted by atomic mass is 9.81. The van der Waals surface area contributed by atoms with Gasteiger partial charge in [0.1, 0.15) is 5.76 Å². The molecule has 1 nitrogen and oxygen atoms in total. The van der Waals surface area contributed by atoms with Gasteiger partial charge in [-0.05, 0) is 30.4 Å². The highest BCUT2D eigenvalue weighted by Crippen LogP contribution is 2.32. The van der Waals surface area contributed by atoms with E-state index in [1.807, 2.05) is 19.1 Å². The molecule has 0 heterocycles. The minimum absolute atomic E-state index is 0.182. The summed E-state index contributed by atoms with van der Waals surface area (Å²) >= 11 is 0. The minimum Gasteiger partial charge on any atom is -0.508 e. The average Bonchev–Trinajstić information content (AvgIpc) is 2.01. The van der Waals surface area contributed by atoms with Crippen LogP contribution in [0.15, 0.2) is 35.6 Å². The molecule has 0 radical (unpaired) electrons. The summed E-state index contributed by atoms with van der Waals surface area (Å²) in [6.45, 7) is 6.18. The summed E-state index contributed by atoms with van der Waals surface area (Å²) in [4.78, 5) is 0. The summed E-state index contributed by atoms with van der Waals surface area (Å²) in [7, 11) is 0. The Labute approximate surface area is 74.1 Å². The fourth-order valence-electron chi connectivity index (χ4n) is 1.39. The normalized spacial score (nSPS) is 22.2. The van der Waals surface area contributed by atoms with Crippen molar-refractivity contribution in [3.63, 3.8) is 0 Å². The topological polar surface area (TPSA) is 20.2 Å². The molecule has 0 aliphatic heterocycles. The zero-order chi connectivity index (χ0) is 9.19. The molecule has 0 atom stereocenters.